The van der Waals surface area contributed by atoms with Crippen molar-refractivity contribution in [2.45, 2.75) is 25.3 Å². The normalized spacial score (nSPS) is 14.5. The Kier molecular flexibility index (Phi) is 3.87. The van der Waals surface area contributed by atoms with Crippen LogP contribution >= 0.6 is 22.9 Å². The van der Waals surface area contributed by atoms with Gasteiger partial charge < -0.3 is 5.73 Å². The Morgan fingerprint density at radius 2 is 1.88 bits per heavy atom. The summed E-state index contributed by atoms with van der Waals surface area (Å²) in [5.41, 5.74) is 7.36. The fourth-order valence-corrected chi connectivity index (χ4v) is 3.29. The van der Waals surface area contributed by atoms with Crippen LogP contribution in [0.4, 0.5) is 0 Å². The van der Waals surface area contributed by atoms with Crippen molar-refractivity contribution in [2.24, 2.45) is 5.73 Å². The molecule has 0 saturated carbocycles. The quantitative estimate of drug-likeness (QED) is 0.871. The molecule has 90 valence electrons. The van der Waals surface area contributed by atoms with Gasteiger partial charge in [0.1, 0.15) is 0 Å². The van der Waals surface area contributed by atoms with E-state index < -0.39 is 5.54 Å². The van der Waals surface area contributed by atoms with Crippen LogP contribution in [0, 0.1) is 0 Å². The second-order valence-corrected chi connectivity index (χ2v) is 5.91. The van der Waals surface area contributed by atoms with Gasteiger partial charge in [-0.1, -0.05) is 55.3 Å². The number of halogens is 1. The van der Waals surface area contributed by atoms with E-state index in [1.165, 1.54) is 0 Å². The van der Waals surface area contributed by atoms with E-state index in [9.17, 15) is 0 Å². The largest absolute Gasteiger partial charge is 0.317 e. The molecule has 0 aliphatic rings. The average Bonchev–Trinajstić information content (AvgIpc) is 2.78. The highest BCUT2D eigenvalue weighted by atomic mass is 35.5. The van der Waals surface area contributed by atoms with Gasteiger partial charge in [-0.2, -0.15) is 0 Å². The highest BCUT2D eigenvalue weighted by Gasteiger charge is 2.29. The van der Waals surface area contributed by atoms with Crippen LogP contribution in [0.3, 0.4) is 0 Å². The zero-order chi connectivity index (χ0) is 12.3. The summed E-state index contributed by atoms with van der Waals surface area (Å²) in [5.74, 6) is 0. The molecule has 0 saturated heterocycles. The topological polar surface area (TPSA) is 26.0 Å². The molecule has 2 aromatic rings. The Labute approximate surface area is 111 Å². The van der Waals surface area contributed by atoms with Gasteiger partial charge in [-0.3, -0.25) is 0 Å². The third-order valence-corrected chi connectivity index (χ3v) is 4.35. The maximum Gasteiger partial charge on any atom is 0.0932 e. The molecule has 0 fully saturated rings. The van der Waals surface area contributed by atoms with Crippen molar-refractivity contribution < 1.29 is 0 Å². The van der Waals surface area contributed by atoms with Crippen molar-refractivity contribution in [1.82, 2.24) is 0 Å². The molecule has 1 aromatic carbocycles. The molecule has 1 atom stereocenters. The standard InChI is InChI=1S/C14H16ClNS/c1-2-10-14(16,11-6-4-3-5-7-11)12-8-9-13(15)17-12/h3-9H,2,10,16H2,1H3. The summed E-state index contributed by atoms with van der Waals surface area (Å²) in [7, 11) is 0. The number of hydrogen-bond acceptors (Lipinski definition) is 2. The molecule has 1 heterocycles. The van der Waals surface area contributed by atoms with Gasteiger partial charge in [-0.05, 0) is 24.1 Å². The second-order valence-electron chi connectivity index (χ2n) is 4.19. The summed E-state index contributed by atoms with van der Waals surface area (Å²) in [6, 6.07) is 14.2. The second kappa shape index (κ2) is 5.21. The first-order valence-corrected chi connectivity index (χ1v) is 6.96. The van der Waals surface area contributed by atoms with Gasteiger partial charge in [0.2, 0.25) is 0 Å². The van der Waals surface area contributed by atoms with Crippen molar-refractivity contribution >= 4 is 22.9 Å². The molecule has 1 nitrogen and oxygen atoms in total. The first kappa shape index (κ1) is 12.6. The van der Waals surface area contributed by atoms with E-state index >= 15 is 0 Å². The molecule has 0 radical (unpaired) electrons. The minimum Gasteiger partial charge on any atom is -0.317 e. The molecular weight excluding hydrogens is 250 g/mol. The van der Waals surface area contributed by atoms with E-state index in [0.717, 1.165) is 27.6 Å². The van der Waals surface area contributed by atoms with Gasteiger partial charge in [0.15, 0.2) is 0 Å². The van der Waals surface area contributed by atoms with E-state index in [2.05, 4.69) is 19.1 Å². The Morgan fingerprint density at radius 1 is 1.18 bits per heavy atom. The number of benzene rings is 1. The number of rotatable bonds is 4. The van der Waals surface area contributed by atoms with Gasteiger partial charge in [0.05, 0.1) is 9.88 Å². The lowest BCUT2D eigenvalue weighted by molar-refractivity contribution is 0.494. The molecule has 2 N–H and O–H groups in total. The van der Waals surface area contributed by atoms with Crippen LogP contribution in [-0.4, -0.2) is 0 Å². The molecule has 3 heteroatoms. The van der Waals surface area contributed by atoms with Crippen LogP contribution in [0.2, 0.25) is 4.34 Å². The van der Waals surface area contributed by atoms with E-state index in [-0.39, 0.29) is 0 Å². The minimum atomic E-state index is -0.409. The first-order valence-electron chi connectivity index (χ1n) is 5.77. The van der Waals surface area contributed by atoms with Crippen molar-refractivity contribution in [3.63, 3.8) is 0 Å². The van der Waals surface area contributed by atoms with E-state index in [4.69, 9.17) is 17.3 Å². The van der Waals surface area contributed by atoms with Crippen molar-refractivity contribution in [1.29, 1.82) is 0 Å². The van der Waals surface area contributed by atoms with E-state index in [1.54, 1.807) is 11.3 Å². The molecule has 0 aliphatic heterocycles. The van der Waals surface area contributed by atoms with Crippen LogP contribution in [0.15, 0.2) is 42.5 Å². The number of nitrogens with two attached hydrogens (primary N) is 1. The fraction of sp³-hybridized carbons (Fsp3) is 0.286. The molecule has 0 amide bonds. The predicted octanol–water partition coefficient (Wildman–Crippen LogP) is 4.40. The van der Waals surface area contributed by atoms with Crippen LogP contribution in [0.25, 0.3) is 0 Å². The Bertz CT molecular complexity index is 480. The van der Waals surface area contributed by atoms with Crippen LogP contribution in [0.1, 0.15) is 30.2 Å². The maximum absolute atomic E-state index is 6.62. The van der Waals surface area contributed by atoms with E-state index in [0.29, 0.717) is 0 Å². The highest BCUT2D eigenvalue weighted by Crippen LogP contribution is 2.37. The molecular formula is C14H16ClNS. The minimum absolute atomic E-state index is 0.409. The SMILES string of the molecule is CCCC(N)(c1ccccc1)c1ccc(Cl)s1. The summed E-state index contributed by atoms with van der Waals surface area (Å²) in [6.45, 7) is 2.15. The molecule has 1 unspecified atom stereocenters. The Morgan fingerprint density at radius 3 is 2.41 bits per heavy atom. The van der Waals surface area contributed by atoms with Crippen molar-refractivity contribution in [3.8, 4) is 0 Å². The van der Waals surface area contributed by atoms with Crippen molar-refractivity contribution in [2.75, 3.05) is 0 Å². The average molecular weight is 266 g/mol. The zero-order valence-corrected chi connectivity index (χ0v) is 11.4. The number of thiophene rings is 1. The molecule has 2 rings (SSSR count). The Hall–Kier alpha value is -0.830. The maximum atomic E-state index is 6.62. The number of hydrogen-bond donors (Lipinski definition) is 1. The van der Waals surface area contributed by atoms with Gasteiger partial charge in [-0.25, -0.2) is 0 Å². The Balaban J connectivity index is 2.46. The van der Waals surface area contributed by atoms with Crippen molar-refractivity contribution in [3.05, 3.63) is 57.2 Å². The first-order chi connectivity index (χ1) is 8.16. The summed E-state index contributed by atoms with van der Waals surface area (Å²) >= 11 is 7.59. The summed E-state index contributed by atoms with van der Waals surface area (Å²) in [5, 5.41) is 0. The smallest absolute Gasteiger partial charge is 0.0932 e. The lowest BCUT2D eigenvalue weighted by Crippen LogP contribution is -2.36. The molecule has 17 heavy (non-hydrogen) atoms. The molecule has 1 aromatic heterocycles. The van der Waals surface area contributed by atoms with Crippen LogP contribution in [-0.2, 0) is 5.54 Å². The van der Waals surface area contributed by atoms with Crippen LogP contribution in [0.5, 0.6) is 0 Å². The van der Waals surface area contributed by atoms with Gasteiger partial charge in [0, 0.05) is 4.88 Å². The van der Waals surface area contributed by atoms with Crippen LogP contribution < -0.4 is 5.73 Å². The highest BCUT2D eigenvalue weighted by molar-refractivity contribution is 7.16. The third-order valence-electron chi connectivity index (χ3n) is 2.95. The molecule has 0 aliphatic carbocycles. The summed E-state index contributed by atoms with van der Waals surface area (Å²) in [4.78, 5) is 1.13. The summed E-state index contributed by atoms with van der Waals surface area (Å²) in [6.07, 6.45) is 1.97. The predicted molar refractivity (Wildman–Crippen MR) is 75.6 cm³/mol. The van der Waals surface area contributed by atoms with Gasteiger partial charge in [-0.15, -0.1) is 11.3 Å². The summed E-state index contributed by atoms with van der Waals surface area (Å²) < 4.78 is 0.793. The lowest BCUT2D eigenvalue weighted by atomic mass is 9.85. The molecule has 0 bridgehead atoms. The van der Waals surface area contributed by atoms with Gasteiger partial charge >= 0.3 is 0 Å². The zero-order valence-electron chi connectivity index (χ0n) is 9.82. The molecule has 0 spiro atoms. The van der Waals surface area contributed by atoms with Gasteiger partial charge in [0.25, 0.3) is 0 Å². The lowest BCUT2D eigenvalue weighted by Gasteiger charge is -2.28. The fourth-order valence-electron chi connectivity index (χ4n) is 2.09. The van der Waals surface area contributed by atoms with E-state index in [1.807, 2.05) is 30.3 Å². The third kappa shape index (κ3) is 2.54. The monoisotopic (exact) mass is 265 g/mol.